The Labute approximate surface area is 136 Å². The molecule has 0 spiro atoms. The van der Waals surface area contributed by atoms with Gasteiger partial charge in [0.1, 0.15) is 5.01 Å². The van der Waals surface area contributed by atoms with Crippen molar-refractivity contribution in [2.45, 2.75) is 33.1 Å². The monoisotopic (exact) mass is 320 g/mol. The third-order valence-corrected chi connectivity index (χ3v) is 5.71. The zero-order valence-corrected chi connectivity index (χ0v) is 14.7. The molecule has 0 atom stereocenters. The minimum Gasteiger partial charge on any atom is -0.311 e. The van der Waals surface area contributed by atoms with Crippen LogP contribution in [0.3, 0.4) is 0 Å². The Bertz CT molecular complexity index is 535. The number of aromatic nitrogens is 1. The molecule has 21 heavy (non-hydrogen) atoms. The summed E-state index contributed by atoms with van der Waals surface area (Å²) in [6.07, 6.45) is 0. The van der Waals surface area contributed by atoms with Crippen molar-refractivity contribution in [2.75, 3.05) is 12.3 Å². The van der Waals surface area contributed by atoms with Gasteiger partial charge in [-0.1, -0.05) is 51.1 Å². The second-order valence-electron chi connectivity index (χ2n) is 5.44. The lowest BCUT2D eigenvalue weighted by molar-refractivity contribution is 0.714. The predicted octanol–water partition coefficient (Wildman–Crippen LogP) is 4.81. The molecule has 0 aliphatic heterocycles. The number of hydrogen-bond donors (Lipinski definition) is 1. The van der Waals surface area contributed by atoms with Gasteiger partial charge in [-0.05, 0) is 23.8 Å². The van der Waals surface area contributed by atoms with E-state index in [0.717, 1.165) is 24.8 Å². The highest BCUT2D eigenvalue weighted by Gasteiger charge is 2.12. The Morgan fingerprint density at radius 2 is 2.00 bits per heavy atom. The van der Waals surface area contributed by atoms with Crippen LogP contribution in [-0.4, -0.2) is 17.3 Å². The van der Waals surface area contributed by atoms with Crippen LogP contribution in [0.4, 0.5) is 0 Å². The van der Waals surface area contributed by atoms with E-state index in [4.69, 9.17) is 4.98 Å². The van der Waals surface area contributed by atoms with E-state index in [9.17, 15) is 0 Å². The quantitative estimate of drug-likeness (QED) is 0.755. The number of thioether (sulfide) groups is 1. The molecule has 0 fully saturated rings. The van der Waals surface area contributed by atoms with E-state index in [2.05, 4.69) is 56.4 Å². The lowest BCUT2D eigenvalue weighted by atomic mass is 10.1. The van der Waals surface area contributed by atoms with Crippen LogP contribution in [0.25, 0.3) is 10.4 Å². The molecule has 0 unspecified atom stereocenters. The Balaban J connectivity index is 2.15. The first-order valence-corrected chi connectivity index (χ1v) is 9.50. The van der Waals surface area contributed by atoms with Gasteiger partial charge in [-0.2, -0.15) is 11.8 Å². The summed E-state index contributed by atoms with van der Waals surface area (Å²) in [6.45, 7) is 8.49. The van der Waals surface area contributed by atoms with Crippen LogP contribution in [0.1, 0.15) is 31.5 Å². The lowest BCUT2D eigenvalue weighted by Gasteiger charge is -2.02. The summed E-state index contributed by atoms with van der Waals surface area (Å²) in [5.74, 6) is 2.96. The highest BCUT2D eigenvalue weighted by atomic mass is 32.2. The van der Waals surface area contributed by atoms with E-state index in [-0.39, 0.29) is 0 Å². The molecule has 0 aliphatic rings. The molecule has 0 saturated carbocycles. The number of thiazole rings is 1. The summed E-state index contributed by atoms with van der Waals surface area (Å²) in [7, 11) is 0. The fourth-order valence-electron chi connectivity index (χ4n) is 2.02. The molecule has 4 heteroatoms. The topological polar surface area (TPSA) is 24.9 Å². The van der Waals surface area contributed by atoms with Crippen molar-refractivity contribution in [3.05, 3.63) is 41.0 Å². The zero-order valence-electron chi connectivity index (χ0n) is 13.1. The number of rotatable bonds is 8. The molecular formula is C17H24N2S2. The number of nitrogens with one attached hydrogen (secondary N) is 1. The van der Waals surface area contributed by atoms with Gasteiger partial charge in [0.2, 0.25) is 0 Å². The van der Waals surface area contributed by atoms with E-state index in [1.165, 1.54) is 26.9 Å². The van der Waals surface area contributed by atoms with E-state index < -0.39 is 0 Å². The molecule has 1 N–H and O–H groups in total. The smallest absolute Gasteiger partial charge is 0.103 e. The summed E-state index contributed by atoms with van der Waals surface area (Å²) >= 11 is 3.83. The van der Waals surface area contributed by atoms with Gasteiger partial charge in [0, 0.05) is 12.3 Å². The largest absolute Gasteiger partial charge is 0.311 e. The zero-order chi connectivity index (χ0) is 15.1. The summed E-state index contributed by atoms with van der Waals surface area (Å²) in [5.41, 5.74) is 2.47. The standard InChI is InChI=1S/C17H24N2S2/c1-4-18-10-15-17(14-8-6-5-7-9-14)21-16(19-15)12-20-11-13(2)3/h5-9,13,18H,4,10-12H2,1-3H3. The molecule has 0 amide bonds. The van der Waals surface area contributed by atoms with Gasteiger partial charge in [-0.25, -0.2) is 4.98 Å². The SMILES string of the molecule is CCNCc1nc(CSCC(C)C)sc1-c1ccccc1. The third kappa shape index (κ3) is 5.13. The van der Waals surface area contributed by atoms with Crippen molar-refractivity contribution in [3.63, 3.8) is 0 Å². The van der Waals surface area contributed by atoms with Crippen LogP contribution in [0.5, 0.6) is 0 Å². The van der Waals surface area contributed by atoms with Gasteiger partial charge in [0.15, 0.2) is 0 Å². The van der Waals surface area contributed by atoms with Gasteiger partial charge >= 0.3 is 0 Å². The second-order valence-corrected chi connectivity index (χ2v) is 7.55. The maximum Gasteiger partial charge on any atom is 0.103 e. The highest BCUT2D eigenvalue weighted by Crippen LogP contribution is 2.32. The summed E-state index contributed by atoms with van der Waals surface area (Å²) in [6, 6.07) is 10.6. The number of benzene rings is 1. The van der Waals surface area contributed by atoms with Crippen molar-refractivity contribution >= 4 is 23.1 Å². The molecular weight excluding hydrogens is 296 g/mol. The Hall–Kier alpha value is -0.840. The van der Waals surface area contributed by atoms with Gasteiger partial charge in [-0.3, -0.25) is 0 Å². The minimum absolute atomic E-state index is 0.741. The van der Waals surface area contributed by atoms with Crippen molar-refractivity contribution in [1.29, 1.82) is 0 Å². The van der Waals surface area contributed by atoms with Crippen LogP contribution in [0.2, 0.25) is 0 Å². The molecule has 1 aromatic carbocycles. The molecule has 2 aromatic rings. The molecule has 0 bridgehead atoms. The third-order valence-electron chi connectivity index (χ3n) is 3.00. The fourth-order valence-corrected chi connectivity index (χ4v) is 4.22. The van der Waals surface area contributed by atoms with Gasteiger partial charge in [-0.15, -0.1) is 11.3 Å². The van der Waals surface area contributed by atoms with E-state index >= 15 is 0 Å². The lowest BCUT2D eigenvalue weighted by Crippen LogP contribution is -2.12. The normalized spacial score (nSPS) is 11.2. The molecule has 2 rings (SSSR count). The van der Waals surface area contributed by atoms with E-state index in [1.54, 1.807) is 0 Å². The first-order chi connectivity index (χ1) is 10.2. The fraction of sp³-hybridized carbons (Fsp3) is 0.471. The molecule has 1 aromatic heterocycles. The number of hydrogen-bond acceptors (Lipinski definition) is 4. The maximum atomic E-state index is 4.86. The van der Waals surface area contributed by atoms with Gasteiger partial charge < -0.3 is 5.32 Å². The minimum atomic E-state index is 0.741. The average Bonchev–Trinajstić information content (AvgIpc) is 2.89. The Morgan fingerprint density at radius 3 is 2.67 bits per heavy atom. The van der Waals surface area contributed by atoms with Crippen molar-refractivity contribution in [3.8, 4) is 10.4 Å². The maximum absolute atomic E-state index is 4.86. The summed E-state index contributed by atoms with van der Waals surface area (Å²) < 4.78 is 0. The molecule has 0 radical (unpaired) electrons. The van der Waals surface area contributed by atoms with Crippen LogP contribution in [0, 0.1) is 5.92 Å². The predicted molar refractivity (Wildman–Crippen MR) is 95.9 cm³/mol. The van der Waals surface area contributed by atoms with Crippen LogP contribution in [-0.2, 0) is 12.3 Å². The van der Waals surface area contributed by atoms with Crippen LogP contribution in [0.15, 0.2) is 30.3 Å². The van der Waals surface area contributed by atoms with E-state index in [1.807, 2.05) is 23.1 Å². The molecule has 1 heterocycles. The van der Waals surface area contributed by atoms with Crippen LogP contribution < -0.4 is 5.32 Å². The molecule has 0 aliphatic carbocycles. The first-order valence-electron chi connectivity index (χ1n) is 7.53. The summed E-state index contributed by atoms with van der Waals surface area (Å²) in [4.78, 5) is 6.17. The number of nitrogens with zero attached hydrogens (tertiary/aromatic N) is 1. The second kappa shape index (κ2) is 8.57. The molecule has 2 nitrogen and oxygen atoms in total. The van der Waals surface area contributed by atoms with Crippen molar-refractivity contribution in [1.82, 2.24) is 10.3 Å². The molecule has 114 valence electrons. The Kier molecular flexibility index (Phi) is 6.74. The van der Waals surface area contributed by atoms with Crippen molar-refractivity contribution in [2.24, 2.45) is 5.92 Å². The highest BCUT2D eigenvalue weighted by molar-refractivity contribution is 7.98. The molecule has 0 saturated heterocycles. The average molecular weight is 321 g/mol. The van der Waals surface area contributed by atoms with E-state index in [0.29, 0.717) is 0 Å². The first kappa shape index (κ1) is 16.5. The van der Waals surface area contributed by atoms with Crippen molar-refractivity contribution < 1.29 is 0 Å². The summed E-state index contributed by atoms with van der Waals surface area (Å²) in [5, 5.41) is 4.64. The Morgan fingerprint density at radius 1 is 1.24 bits per heavy atom. The van der Waals surface area contributed by atoms with Crippen LogP contribution >= 0.6 is 23.1 Å². The van der Waals surface area contributed by atoms with Gasteiger partial charge in [0.25, 0.3) is 0 Å². The van der Waals surface area contributed by atoms with Gasteiger partial charge in [0.05, 0.1) is 10.6 Å².